The first-order chi connectivity index (χ1) is 9.26. The fourth-order valence-electron chi connectivity index (χ4n) is 1.64. The summed E-state index contributed by atoms with van der Waals surface area (Å²) < 4.78 is 5.61. The molecule has 0 saturated heterocycles. The molecule has 5 nitrogen and oxygen atoms in total. The van der Waals surface area contributed by atoms with Gasteiger partial charge in [-0.15, -0.1) is 0 Å². The van der Waals surface area contributed by atoms with Crippen LogP contribution in [0, 0.1) is 11.5 Å². The van der Waals surface area contributed by atoms with E-state index in [9.17, 15) is 0 Å². The minimum atomic E-state index is 0.555. The lowest BCUT2D eigenvalue weighted by Gasteiger charge is -1.98. The van der Waals surface area contributed by atoms with Crippen molar-refractivity contribution in [1.29, 1.82) is 5.26 Å². The van der Waals surface area contributed by atoms with Crippen molar-refractivity contribution in [3.8, 4) is 6.19 Å². The van der Waals surface area contributed by atoms with Crippen molar-refractivity contribution in [3.05, 3.63) is 24.1 Å². The zero-order valence-electron chi connectivity index (χ0n) is 10.8. The Kier molecular flexibility index (Phi) is 4.42. The minimum Gasteiger partial charge on any atom is -0.441 e. The molecule has 0 spiro atoms. The molecule has 0 fully saturated rings. The molecule has 2 aromatic rings. The Balaban J connectivity index is 2.33. The zero-order chi connectivity index (χ0) is 13.7. The van der Waals surface area contributed by atoms with Gasteiger partial charge in [0, 0.05) is 6.42 Å². The summed E-state index contributed by atoms with van der Waals surface area (Å²) >= 11 is 1.38. The molecule has 1 N–H and O–H groups in total. The summed E-state index contributed by atoms with van der Waals surface area (Å²) in [5, 5.41) is 11.7. The van der Waals surface area contributed by atoms with Gasteiger partial charge in [0.2, 0.25) is 0 Å². The van der Waals surface area contributed by atoms with Crippen LogP contribution in [-0.4, -0.2) is 16.4 Å². The van der Waals surface area contributed by atoms with E-state index in [2.05, 4.69) is 22.2 Å². The maximum atomic E-state index is 8.60. The fourth-order valence-corrected chi connectivity index (χ4v) is 1.99. The van der Waals surface area contributed by atoms with Gasteiger partial charge in [0.05, 0.1) is 5.69 Å². The Morgan fingerprint density at radius 3 is 3.11 bits per heavy atom. The van der Waals surface area contributed by atoms with E-state index in [1.54, 1.807) is 0 Å². The number of nitriles is 1. The lowest BCUT2D eigenvalue weighted by Crippen LogP contribution is -2.12. The van der Waals surface area contributed by atoms with E-state index in [1.165, 1.54) is 11.8 Å². The minimum absolute atomic E-state index is 0.555. The van der Waals surface area contributed by atoms with Gasteiger partial charge in [-0.25, -0.2) is 9.98 Å². The van der Waals surface area contributed by atoms with Gasteiger partial charge in [-0.05, 0) is 30.9 Å². The first-order valence-electron chi connectivity index (χ1n) is 5.94. The van der Waals surface area contributed by atoms with Crippen molar-refractivity contribution in [2.24, 2.45) is 4.99 Å². The Hall–Kier alpha value is -2.00. The van der Waals surface area contributed by atoms with Gasteiger partial charge in [-0.2, -0.15) is 5.26 Å². The normalized spacial score (nSPS) is 11.5. The molecule has 0 aliphatic heterocycles. The number of fused-ring (bicyclic) bond motifs is 1. The van der Waals surface area contributed by atoms with E-state index in [1.807, 2.05) is 30.6 Å². The number of hydrogen-bond acceptors (Lipinski definition) is 5. The number of oxazole rings is 1. The zero-order valence-corrected chi connectivity index (χ0v) is 11.6. The number of thioether (sulfide) groups is 1. The molecular formula is C13H14N4OS. The fraction of sp³-hybridized carbons (Fsp3) is 0.308. The quantitative estimate of drug-likeness (QED) is 0.402. The predicted molar refractivity (Wildman–Crippen MR) is 77.4 cm³/mol. The van der Waals surface area contributed by atoms with Gasteiger partial charge in [-0.1, -0.05) is 18.7 Å². The lowest BCUT2D eigenvalue weighted by molar-refractivity contribution is 0.525. The van der Waals surface area contributed by atoms with Crippen LogP contribution < -0.4 is 5.32 Å². The molecule has 1 aromatic heterocycles. The summed E-state index contributed by atoms with van der Waals surface area (Å²) in [5.41, 5.74) is 2.31. The molecule has 0 amide bonds. The van der Waals surface area contributed by atoms with E-state index in [4.69, 9.17) is 9.68 Å². The molecular weight excluding hydrogens is 260 g/mol. The van der Waals surface area contributed by atoms with E-state index in [0.29, 0.717) is 5.17 Å². The van der Waals surface area contributed by atoms with E-state index < -0.39 is 0 Å². The molecule has 0 atom stereocenters. The largest absolute Gasteiger partial charge is 0.441 e. The maximum Gasteiger partial charge on any atom is 0.195 e. The van der Waals surface area contributed by atoms with Crippen LogP contribution in [0.3, 0.4) is 0 Å². The molecule has 2 rings (SSSR count). The first kappa shape index (κ1) is 13.4. The predicted octanol–water partition coefficient (Wildman–Crippen LogP) is 3.20. The maximum absolute atomic E-state index is 8.60. The number of rotatable bonds is 3. The number of nitrogens with zero attached hydrogens (tertiary/aromatic N) is 3. The Labute approximate surface area is 115 Å². The van der Waals surface area contributed by atoms with Crippen LogP contribution in [0.4, 0.5) is 5.69 Å². The molecule has 0 aliphatic carbocycles. The standard InChI is InChI=1S/C13H14N4OS/c1-3-4-12-17-10-7-9(5-6-11(10)18-12)16-13(19-2)15-8-14/h5-7H,3-4H2,1-2H3,(H,15,16). The summed E-state index contributed by atoms with van der Waals surface area (Å²) in [6.45, 7) is 2.09. The molecule has 0 saturated carbocycles. The van der Waals surface area contributed by atoms with Crippen LogP contribution in [-0.2, 0) is 6.42 Å². The Morgan fingerprint density at radius 1 is 1.58 bits per heavy atom. The SMILES string of the molecule is CCCc1nc2cc(N=C(NC#N)SC)ccc2o1. The van der Waals surface area contributed by atoms with Crippen LogP contribution in [0.15, 0.2) is 27.6 Å². The molecule has 0 aliphatic rings. The summed E-state index contributed by atoms with van der Waals surface area (Å²) in [6, 6.07) is 5.55. The lowest BCUT2D eigenvalue weighted by atomic mass is 10.3. The summed E-state index contributed by atoms with van der Waals surface area (Å²) in [4.78, 5) is 8.75. The number of benzene rings is 1. The van der Waals surface area contributed by atoms with Crippen LogP contribution >= 0.6 is 11.8 Å². The molecule has 0 unspecified atom stereocenters. The highest BCUT2D eigenvalue weighted by molar-refractivity contribution is 8.13. The molecule has 1 aromatic carbocycles. The highest BCUT2D eigenvalue weighted by atomic mass is 32.2. The number of aromatic nitrogens is 1. The van der Waals surface area contributed by atoms with Crippen molar-refractivity contribution in [2.75, 3.05) is 6.26 Å². The van der Waals surface area contributed by atoms with Crippen molar-refractivity contribution < 1.29 is 4.42 Å². The number of aliphatic imine (C=N–C) groups is 1. The summed E-state index contributed by atoms with van der Waals surface area (Å²) in [6.07, 6.45) is 5.55. The third-order valence-corrected chi connectivity index (χ3v) is 3.05. The highest BCUT2D eigenvalue weighted by Gasteiger charge is 2.06. The average molecular weight is 274 g/mol. The van der Waals surface area contributed by atoms with Gasteiger partial charge in [0.15, 0.2) is 22.8 Å². The monoisotopic (exact) mass is 274 g/mol. The average Bonchev–Trinajstić information content (AvgIpc) is 2.80. The second-order valence-electron chi connectivity index (χ2n) is 3.87. The third-order valence-electron chi connectivity index (χ3n) is 2.47. The van der Waals surface area contributed by atoms with Gasteiger partial charge in [0.1, 0.15) is 5.52 Å². The van der Waals surface area contributed by atoms with E-state index in [-0.39, 0.29) is 0 Å². The molecule has 0 radical (unpaired) electrons. The summed E-state index contributed by atoms with van der Waals surface area (Å²) in [5.74, 6) is 0.749. The van der Waals surface area contributed by atoms with Gasteiger partial charge >= 0.3 is 0 Å². The number of amidine groups is 1. The number of nitrogens with one attached hydrogen (secondary N) is 1. The number of aryl methyl sites for hydroxylation is 1. The Bertz CT molecular complexity index is 642. The molecule has 19 heavy (non-hydrogen) atoms. The summed E-state index contributed by atoms with van der Waals surface area (Å²) in [7, 11) is 0. The van der Waals surface area contributed by atoms with Crippen molar-refractivity contribution in [3.63, 3.8) is 0 Å². The van der Waals surface area contributed by atoms with Gasteiger partial charge in [0.25, 0.3) is 0 Å². The van der Waals surface area contributed by atoms with Crippen LogP contribution in [0.1, 0.15) is 19.2 Å². The molecule has 0 bridgehead atoms. The van der Waals surface area contributed by atoms with Crippen LogP contribution in [0.5, 0.6) is 0 Å². The van der Waals surface area contributed by atoms with Gasteiger partial charge < -0.3 is 4.42 Å². The third kappa shape index (κ3) is 3.26. The van der Waals surface area contributed by atoms with Crippen LogP contribution in [0.2, 0.25) is 0 Å². The Morgan fingerprint density at radius 2 is 2.42 bits per heavy atom. The van der Waals surface area contributed by atoms with Crippen molar-refractivity contribution in [2.45, 2.75) is 19.8 Å². The molecule has 1 heterocycles. The van der Waals surface area contributed by atoms with Crippen LogP contribution in [0.25, 0.3) is 11.1 Å². The smallest absolute Gasteiger partial charge is 0.195 e. The number of hydrogen-bond donors (Lipinski definition) is 1. The van der Waals surface area contributed by atoms with Crippen molar-refractivity contribution in [1.82, 2.24) is 10.3 Å². The first-order valence-corrected chi connectivity index (χ1v) is 7.16. The highest BCUT2D eigenvalue weighted by Crippen LogP contribution is 2.23. The molecule has 98 valence electrons. The molecule has 6 heteroatoms. The topological polar surface area (TPSA) is 74.2 Å². The van der Waals surface area contributed by atoms with E-state index in [0.717, 1.165) is 35.5 Å². The second kappa shape index (κ2) is 6.25. The van der Waals surface area contributed by atoms with Gasteiger partial charge in [-0.3, -0.25) is 5.32 Å². The van der Waals surface area contributed by atoms with E-state index >= 15 is 0 Å². The second-order valence-corrected chi connectivity index (χ2v) is 4.66. The van der Waals surface area contributed by atoms with Crippen molar-refractivity contribution >= 4 is 33.7 Å².